The van der Waals surface area contributed by atoms with E-state index in [1.807, 2.05) is 6.08 Å². The van der Waals surface area contributed by atoms with Gasteiger partial charge in [-0.25, -0.2) is 0 Å². The Balaban J connectivity index is 2.04. The first-order chi connectivity index (χ1) is 45.3. The summed E-state index contributed by atoms with van der Waals surface area (Å²) in [4.78, 5) is 13.2. The van der Waals surface area contributed by atoms with Crippen LogP contribution in [-0.2, 0) is 14.3 Å². The second kappa shape index (κ2) is 71.7. The topological polar surface area (TPSA) is 149 Å². The Morgan fingerprint density at radius 2 is 0.674 bits per heavy atom. The molecule has 0 aromatic rings. The molecule has 0 bridgehead atoms. The van der Waals surface area contributed by atoms with E-state index in [-0.39, 0.29) is 12.5 Å². The third-order valence-electron chi connectivity index (χ3n) is 19.3. The van der Waals surface area contributed by atoms with Gasteiger partial charge in [0.25, 0.3) is 0 Å². The zero-order valence-electron chi connectivity index (χ0n) is 60.8. The summed E-state index contributed by atoms with van der Waals surface area (Å²) in [5.41, 5.74) is 0. The molecular weight excluding hydrogens is 1140 g/mol. The Morgan fingerprint density at radius 3 is 1.00 bits per heavy atom. The molecule has 0 spiro atoms. The highest BCUT2D eigenvalue weighted by Gasteiger charge is 2.44. The molecule has 1 aliphatic heterocycles. The van der Waals surface area contributed by atoms with Gasteiger partial charge in [0.1, 0.15) is 24.4 Å². The lowest BCUT2D eigenvalue weighted by molar-refractivity contribution is -0.302. The van der Waals surface area contributed by atoms with Crippen LogP contribution in [0.5, 0.6) is 0 Å². The fraction of sp³-hybridized carbons (Fsp3) is 0.867. The van der Waals surface area contributed by atoms with Crippen molar-refractivity contribution in [3.63, 3.8) is 0 Å². The van der Waals surface area contributed by atoms with Gasteiger partial charge in [-0.15, -0.1) is 0 Å². The summed E-state index contributed by atoms with van der Waals surface area (Å²) in [5.74, 6) is -0.168. The van der Waals surface area contributed by atoms with Crippen LogP contribution in [0, 0.1) is 0 Å². The number of rotatable bonds is 72. The number of unbranched alkanes of at least 4 members (excludes halogenated alkanes) is 54. The van der Waals surface area contributed by atoms with Crippen molar-refractivity contribution in [2.24, 2.45) is 0 Å². The van der Waals surface area contributed by atoms with Gasteiger partial charge in [-0.1, -0.05) is 402 Å². The highest BCUT2D eigenvalue weighted by atomic mass is 16.7. The molecule has 92 heavy (non-hydrogen) atoms. The Kier molecular flexibility index (Phi) is 68.5. The van der Waals surface area contributed by atoms with Gasteiger partial charge in [0.05, 0.1) is 25.4 Å². The molecule has 0 saturated carbocycles. The fourth-order valence-electron chi connectivity index (χ4n) is 13.1. The number of amides is 1. The van der Waals surface area contributed by atoms with Crippen LogP contribution in [0.1, 0.15) is 406 Å². The van der Waals surface area contributed by atoms with Gasteiger partial charge in [-0.2, -0.15) is 0 Å². The molecule has 9 nitrogen and oxygen atoms in total. The van der Waals surface area contributed by atoms with Crippen LogP contribution in [0.3, 0.4) is 0 Å². The maximum atomic E-state index is 13.2. The lowest BCUT2D eigenvalue weighted by Crippen LogP contribution is -2.60. The third kappa shape index (κ3) is 59.2. The first kappa shape index (κ1) is 87.9. The Bertz CT molecular complexity index is 1650. The molecule has 9 heteroatoms. The average Bonchev–Trinajstić information content (AvgIpc) is 1.00. The standard InChI is InChI=1S/C83H155NO8/c1-3-5-7-9-11-13-15-17-19-21-23-25-27-29-31-33-34-35-36-37-38-39-40-41-42-43-44-45-47-49-51-53-55-57-59-61-63-65-67-69-71-73-79(87)84-76(75-91-83-82(90)81(89)80(88)78(74-85)92-83)77(86)72-70-68-66-64-62-60-58-56-54-52-50-48-46-32-30-28-26-24-22-20-18-16-14-12-10-8-6-4-2/h5,7,11,13,17,19,23,25,70,72,76-78,80-83,85-86,88-90H,3-4,6,8-10,12,14-16,18,20-22,24,26-69,71,73-75H2,1-2H3,(H,84,87)/b7-5-,13-11-,19-17-,25-23-,72-70+. The second-order valence-corrected chi connectivity index (χ2v) is 28.2. The van der Waals surface area contributed by atoms with E-state index in [0.717, 1.165) is 64.2 Å². The van der Waals surface area contributed by atoms with Crippen molar-refractivity contribution in [2.75, 3.05) is 13.2 Å². The van der Waals surface area contributed by atoms with Crippen LogP contribution in [0.2, 0.25) is 0 Å². The summed E-state index contributed by atoms with van der Waals surface area (Å²) in [5, 5.41) is 54.9. The smallest absolute Gasteiger partial charge is 0.220 e. The average molecular weight is 1300 g/mol. The fourth-order valence-corrected chi connectivity index (χ4v) is 13.1. The van der Waals surface area contributed by atoms with E-state index in [0.29, 0.717) is 6.42 Å². The SMILES string of the molecule is CC/C=C\C/C=C\C/C=C\C/C=C\CCCCCCCCCCCCCCCCCCCCCCCCCCCCCCC(=O)NC(COC1OC(CO)C(O)C(O)C1O)C(O)/C=C/CCCCCCCCCCCCCCCCCCCCCCCCCCCC. The molecule has 540 valence electrons. The first-order valence-corrected chi connectivity index (χ1v) is 40.5. The lowest BCUT2D eigenvalue weighted by atomic mass is 9.99. The molecular formula is C83H155NO8. The van der Waals surface area contributed by atoms with Crippen molar-refractivity contribution in [1.29, 1.82) is 0 Å². The minimum absolute atomic E-state index is 0.168. The Morgan fingerprint density at radius 1 is 0.380 bits per heavy atom. The number of aliphatic hydroxyl groups is 5. The van der Waals surface area contributed by atoms with Crippen LogP contribution in [0.25, 0.3) is 0 Å². The molecule has 1 heterocycles. The number of aliphatic hydroxyl groups excluding tert-OH is 5. The lowest BCUT2D eigenvalue weighted by Gasteiger charge is -2.40. The van der Waals surface area contributed by atoms with Gasteiger partial charge < -0.3 is 40.3 Å². The van der Waals surface area contributed by atoms with Crippen LogP contribution >= 0.6 is 0 Å². The normalized spacial score (nSPS) is 17.9. The Labute approximate surface area is 570 Å². The number of nitrogens with one attached hydrogen (secondary N) is 1. The number of carbonyl (C=O) groups excluding carboxylic acids is 1. The largest absolute Gasteiger partial charge is 0.394 e. The zero-order valence-corrected chi connectivity index (χ0v) is 60.8. The van der Waals surface area contributed by atoms with Crippen molar-refractivity contribution < 1.29 is 39.8 Å². The van der Waals surface area contributed by atoms with Crippen molar-refractivity contribution in [1.82, 2.24) is 5.32 Å². The molecule has 1 aliphatic rings. The van der Waals surface area contributed by atoms with Crippen LogP contribution in [0.4, 0.5) is 0 Å². The minimum Gasteiger partial charge on any atom is -0.394 e. The van der Waals surface area contributed by atoms with Gasteiger partial charge in [0.2, 0.25) is 5.91 Å². The molecule has 7 unspecified atom stereocenters. The molecule has 1 amide bonds. The van der Waals surface area contributed by atoms with E-state index in [1.54, 1.807) is 6.08 Å². The van der Waals surface area contributed by atoms with Gasteiger partial charge in [-0.05, 0) is 57.8 Å². The van der Waals surface area contributed by atoms with Gasteiger partial charge >= 0.3 is 0 Å². The number of hydrogen-bond acceptors (Lipinski definition) is 8. The van der Waals surface area contributed by atoms with Crippen molar-refractivity contribution in [3.8, 4) is 0 Å². The summed E-state index contributed by atoms with van der Waals surface area (Å²) < 4.78 is 11.4. The van der Waals surface area contributed by atoms with Crippen molar-refractivity contribution in [2.45, 2.75) is 448 Å². The van der Waals surface area contributed by atoms with E-state index in [9.17, 15) is 30.3 Å². The summed E-state index contributed by atoms with van der Waals surface area (Å²) in [6, 6.07) is -0.806. The molecule has 7 atom stereocenters. The molecule has 0 aromatic heterocycles. The van der Waals surface area contributed by atoms with Gasteiger partial charge in [-0.3, -0.25) is 4.79 Å². The monoisotopic (exact) mass is 1290 g/mol. The number of allylic oxidation sites excluding steroid dienone is 9. The van der Waals surface area contributed by atoms with Crippen molar-refractivity contribution in [3.05, 3.63) is 60.8 Å². The van der Waals surface area contributed by atoms with E-state index < -0.39 is 49.5 Å². The first-order valence-electron chi connectivity index (χ1n) is 40.5. The van der Waals surface area contributed by atoms with Crippen LogP contribution in [0.15, 0.2) is 60.8 Å². The molecule has 1 saturated heterocycles. The third-order valence-corrected chi connectivity index (χ3v) is 19.3. The number of hydrogen-bond donors (Lipinski definition) is 6. The predicted molar refractivity (Wildman–Crippen MR) is 396 cm³/mol. The van der Waals surface area contributed by atoms with E-state index in [1.165, 1.54) is 321 Å². The van der Waals surface area contributed by atoms with Crippen LogP contribution < -0.4 is 5.32 Å². The van der Waals surface area contributed by atoms with Gasteiger partial charge in [0, 0.05) is 6.42 Å². The Hall–Kier alpha value is -2.11. The number of ether oxygens (including phenoxy) is 2. The summed E-state index contributed by atoms with van der Waals surface area (Å²) in [7, 11) is 0. The molecule has 1 fully saturated rings. The van der Waals surface area contributed by atoms with E-state index in [4.69, 9.17) is 9.47 Å². The number of carbonyl (C=O) groups is 1. The van der Waals surface area contributed by atoms with Crippen molar-refractivity contribution >= 4 is 5.91 Å². The molecule has 0 aliphatic carbocycles. The minimum atomic E-state index is -1.57. The quantitative estimate of drug-likeness (QED) is 0.0261. The molecule has 0 aromatic carbocycles. The zero-order chi connectivity index (χ0) is 66.4. The summed E-state index contributed by atoms with van der Waals surface area (Å²) in [6.45, 7) is 3.73. The highest BCUT2D eigenvalue weighted by Crippen LogP contribution is 2.24. The second-order valence-electron chi connectivity index (χ2n) is 28.2. The van der Waals surface area contributed by atoms with E-state index in [2.05, 4.69) is 67.8 Å². The predicted octanol–water partition coefficient (Wildman–Crippen LogP) is 23.3. The molecule has 0 radical (unpaired) electrons. The maximum Gasteiger partial charge on any atom is 0.220 e. The maximum absolute atomic E-state index is 13.2. The molecule has 6 N–H and O–H groups in total. The highest BCUT2D eigenvalue weighted by molar-refractivity contribution is 5.76. The van der Waals surface area contributed by atoms with E-state index >= 15 is 0 Å². The molecule has 1 rings (SSSR count). The summed E-state index contributed by atoms with van der Waals surface area (Å²) >= 11 is 0. The van der Waals surface area contributed by atoms with Crippen LogP contribution in [-0.4, -0.2) is 87.5 Å². The summed E-state index contributed by atoms with van der Waals surface area (Å²) in [6.07, 6.45) is 93.8. The van der Waals surface area contributed by atoms with Gasteiger partial charge in [0.15, 0.2) is 6.29 Å².